The van der Waals surface area contributed by atoms with Crippen LogP contribution in [0.4, 0.5) is 0 Å². The van der Waals surface area contributed by atoms with Crippen LogP contribution in [0.25, 0.3) is 0 Å². The summed E-state index contributed by atoms with van der Waals surface area (Å²) in [4.78, 5) is 23.1. The number of rotatable bonds is 31. The van der Waals surface area contributed by atoms with E-state index in [4.69, 9.17) is 9.84 Å². The summed E-state index contributed by atoms with van der Waals surface area (Å²) in [6.45, 7) is 4.50. The van der Waals surface area contributed by atoms with E-state index in [1.807, 2.05) is 0 Å². The molecule has 0 aromatic carbocycles. The van der Waals surface area contributed by atoms with E-state index >= 15 is 0 Å². The van der Waals surface area contributed by atoms with Gasteiger partial charge in [0.2, 0.25) is 0 Å². The number of unbranched alkanes of at least 4 members (excludes halogenated alkanes) is 22. The lowest BCUT2D eigenvalue weighted by molar-refractivity contribution is -0.150. The van der Waals surface area contributed by atoms with Crippen LogP contribution in [-0.2, 0) is 14.3 Å². The molecule has 226 valence electrons. The molecule has 4 nitrogen and oxygen atoms in total. The van der Waals surface area contributed by atoms with Gasteiger partial charge < -0.3 is 9.84 Å². The van der Waals surface area contributed by atoms with E-state index in [0.29, 0.717) is 6.42 Å². The number of carboxylic acids is 1. The summed E-state index contributed by atoms with van der Waals surface area (Å²) in [7, 11) is 0. The average molecular weight is 539 g/mol. The van der Waals surface area contributed by atoms with Gasteiger partial charge in [0.1, 0.15) is 6.10 Å². The van der Waals surface area contributed by atoms with E-state index in [0.717, 1.165) is 57.8 Å². The van der Waals surface area contributed by atoms with Gasteiger partial charge in [-0.2, -0.15) is 0 Å². The van der Waals surface area contributed by atoms with Crippen LogP contribution >= 0.6 is 0 Å². The quantitative estimate of drug-likeness (QED) is 0.0704. The lowest BCUT2D eigenvalue weighted by Crippen LogP contribution is -2.18. The van der Waals surface area contributed by atoms with E-state index in [2.05, 4.69) is 13.8 Å². The highest BCUT2D eigenvalue weighted by atomic mass is 16.5. The van der Waals surface area contributed by atoms with Crippen molar-refractivity contribution in [3.8, 4) is 0 Å². The molecule has 0 saturated carbocycles. The molecule has 0 radical (unpaired) electrons. The molecule has 38 heavy (non-hydrogen) atoms. The number of carbonyl (C=O) groups excluding carboxylic acids is 1. The maximum absolute atomic E-state index is 12.4. The number of esters is 1. The number of ether oxygens (including phenoxy) is 1. The Labute approximate surface area is 237 Å². The monoisotopic (exact) mass is 538 g/mol. The van der Waals surface area contributed by atoms with Crippen LogP contribution in [0.5, 0.6) is 0 Å². The van der Waals surface area contributed by atoms with Crippen LogP contribution in [0.3, 0.4) is 0 Å². The lowest BCUT2D eigenvalue weighted by atomic mass is 10.0. The van der Waals surface area contributed by atoms with E-state index in [1.54, 1.807) is 0 Å². The molecule has 0 rings (SSSR count). The molecule has 0 spiro atoms. The molecular formula is C34H66O4. The topological polar surface area (TPSA) is 63.6 Å². The highest BCUT2D eigenvalue weighted by Gasteiger charge is 2.14. The van der Waals surface area contributed by atoms with Crippen LogP contribution in [0, 0.1) is 0 Å². The van der Waals surface area contributed by atoms with Crippen LogP contribution in [-0.4, -0.2) is 23.1 Å². The largest absolute Gasteiger partial charge is 0.481 e. The third kappa shape index (κ3) is 29.5. The fourth-order valence-electron chi connectivity index (χ4n) is 5.30. The van der Waals surface area contributed by atoms with Gasteiger partial charge >= 0.3 is 11.9 Å². The Morgan fingerprint density at radius 1 is 0.474 bits per heavy atom. The molecule has 0 aliphatic carbocycles. The molecule has 0 heterocycles. The molecular weight excluding hydrogens is 472 g/mol. The Bertz CT molecular complexity index is 505. The molecule has 0 fully saturated rings. The van der Waals surface area contributed by atoms with Crippen molar-refractivity contribution in [1.82, 2.24) is 0 Å². The lowest BCUT2D eigenvalue weighted by Gasteiger charge is -2.18. The predicted molar refractivity (Wildman–Crippen MR) is 163 cm³/mol. The molecule has 4 heteroatoms. The summed E-state index contributed by atoms with van der Waals surface area (Å²) in [5.74, 6) is -0.727. The van der Waals surface area contributed by atoms with Gasteiger partial charge in [0, 0.05) is 12.8 Å². The van der Waals surface area contributed by atoms with Crippen molar-refractivity contribution in [3.05, 3.63) is 0 Å². The number of hydrogen-bond donors (Lipinski definition) is 1. The van der Waals surface area contributed by atoms with Crippen LogP contribution < -0.4 is 0 Å². The Hall–Kier alpha value is -1.06. The molecule has 0 aromatic heterocycles. The average Bonchev–Trinajstić information content (AvgIpc) is 2.90. The normalized spacial score (nSPS) is 12.1. The van der Waals surface area contributed by atoms with Crippen molar-refractivity contribution in [3.63, 3.8) is 0 Å². The van der Waals surface area contributed by atoms with Crippen molar-refractivity contribution in [1.29, 1.82) is 0 Å². The fourth-order valence-corrected chi connectivity index (χ4v) is 5.30. The minimum absolute atomic E-state index is 0.0164. The first kappa shape index (κ1) is 36.9. The van der Waals surface area contributed by atoms with Crippen LogP contribution in [0.15, 0.2) is 0 Å². The van der Waals surface area contributed by atoms with Gasteiger partial charge in [-0.25, -0.2) is 0 Å². The predicted octanol–water partition coefficient (Wildman–Crippen LogP) is 11.3. The smallest absolute Gasteiger partial charge is 0.306 e. The van der Waals surface area contributed by atoms with Crippen molar-refractivity contribution in [2.24, 2.45) is 0 Å². The maximum Gasteiger partial charge on any atom is 0.306 e. The summed E-state index contributed by atoms with van der Waals surface area (Å²) < 4.78 is 5.87. The summed E-state index contributed by atoms with van der Waals surface area (Å²) in [5.41, 5.74) is 0. The summed E-state index contributed by atoms with van der Waals surface area (Å²) >= 11 is 0. The summed E-state index contributed by atoms with van der Waals surface area (Å²) in [6.07, 6.45) is 34.2. The first-order valence-electron chi connectivity index (χ1n) is 17.0. The standard InChI is InChI=1S/C34H66O4/c1-3-5-7-9-10-11-12-13-14-15-16-17-18-19-20-21-27-31-34(37)38-32(28-24-8-6-4-2)29-25-22-23-26-30-33(35)36/h32H,3-31H2,1-2H3,(H,35,36). The zero-order valence-electron chi connectivity index (χ0n) is 25.8. The van der Waals surface area contributed by atoms with Gasteiger partial charge in [0.05, 0.1) is 0 Å². The first-order valence-corrected chi connectivity index (χ1v) is 17.0. The maximum atomic E-state index is 12.4. The van der Waals surface area contributed by atoms with Gasteiger partial charge in [0.15, 0.2) is 0 Å². The van der Waals surface area contributed by atoms with E-state index < -0.39 is 5.97 Å². The first-order chi connectivity index (χ1) is 18.6. The fraction of sp³-hybridized carbons (Fsp3) is 0.941. The second-order valence-corrected chi connectivity index (χ2v) is 11.7. The molecule has 0 aromatic rings. The molecule has 0 aliphatic rings. The molecule has 0 saturated heterocycles. The van der Waals surface area contributed by atoms with Gasteiger partial charge in [-0.3, -0.25) is 9.59 Å². The second-order valence-electron chi connectivity index (χ2n) is 11.7. The van der Waals surface area contributed by atoms with Crippen molar-refractivity contribution in [2.45, 2.75) is 206 Å². The Morgan fingerprint density at radius 2 is 0.789 bits per heavy atom. The Balaban J connectivity index is 3.68. The van der Waals surface area contributed by atoms with E-state index in [9.17, 15) is 9.59 Å². The number of hydrogen-bond acceptors (Lipinski definition) is 3. The Morgan fingerprint density at radius 3 is 1.18 bits per heavy atom. The summed E-state index contributed by atoms with van der Waals surface area (Å²) in [5, 5.41) is 8.76. The van der Waals surface area contributed by atoms with E-state index in [1.165, 1.54) is 116 Å². The third-order valence-corrected chi connectivity index (χ3v) is 7.83. The third-order valence-electron chi connectivity index (χ3n) is 7.83. The van der Waals surface area contributed by atoms with Gasteiger partial charge in [-0.05, 0) is 38.5 Å². The molecule has 1 atom stereocenters. The van der Waals surface area contributed by atoms with Crippen molar-refractivity contribution >= 4 is 11.9 Å². The zero-order chi connectivity index (χ0) is 27.9. The molecule has 1 unspecified atom stereocenters. The van der Waals surface area contributed by atoms with Crippen molar-refractivity contribution < 1.29 is 19.4 Å². The second kappa shape index (κ2) is 30.5. The van der Waals surface area contributed by atoms with Gasteiger partial charge in [-0.15, -0.1) is 0 Å². The molecule has 0 bridgehead atoms. The number of aliphatic carboxylic acids is 1. The van der Waals surface area contributed by atoms with Gasteiger partial charge in [0.25, 0.3) is 0 Å². The molecule has 0 aliphatic heterocycles. The van der Waals surface area contributed by atoms with E-state index in [-0.39, 0.29) is 18.5 Å². The SMILES string of the molecule is CCCCCCCCCCCCCCCCCCCC(=O)OC(CCCCCC)CCCCCCC(=O)O. The molecule has 1 N–H and O–H groups in total. The highest BCUT2D eigenvalue weighted by molar-refractivity contribution is 5.69. The van der Waals surface area contributed by atoms with Crippen LogP contribution in [0.2, 0.25) is 0 Å². The van der Waals surface area contributed by atoms with Crippen LogP contribution in [0.1, 0.15) is 200 Å². The number of carbonyl (C=O) groups is 2. The van der Waals surface area contributed by atoms with Gasteiger partial charge in [-0.1, -0.05) is 149 Å². The number of carboxylic acid groups (broad SMARTS) is 1. The van der Waals surface area contributed by atoms with Crippen molar-refractivity contribution in [2.75, 3.05) is 0 Å². The summed E-state index contributed by atoms with van der Waals surface area (Å²) in [6, 6.07) is 0. The molecule has 0 amide bonds. The minimum atomic E-state index is -0.711. The highest BCUT2D eigenvalue weighted by Crippen LogP contribution is 2.18. The minimum Gasteiger partial charge on any atom is -0.481 e. The Kier molecular flexibility index (Phi) is 29.6. The zero-order valence-corrected chi connectivity index (χ0v) is 25.8.